The predicted octanol–water partition coefficient (Wildman–Crippen LogP) is 3.91. The summed E-state index contributed by atoms with van der Waals surface area (Å²) in [5.41, 5.74) is 3.93. The van der Waals surface area contributed by atoms with Crippen molar-refractivity contribution in [1.29, 1.82) is 0 Å². The largest absolute Gasteiger partial charge is 0.487 e. The summed E-state index contributed by atoms with van der Waals surface area (Å²) in [5, 5.41) is 3.61. The van der Waals surface area contributed by atoms with E-state index in [9.17, 15) is 0 Å². The van der Waals surface area contributed by atoms with E-state index >= 15 is 0 Å². The van der Waals surface area contributed by atoms with Crippen molar-refractivity contribution in [3.8, 4) is 5.75 Å². The molecule has 0 amide bonds. The second kappa shape index (κ2) is 4.93. The third kappa shape index (κ3) is 2.39. The molecule has 1 aliphatic rings. The first-order valence-corrected chi connectivity index (χ1v) is 7.02. The van der Waals surface area contributed by atoms with Crippen molar-refractivity contribution >= 4 is 0 Å². The van der Waals surface area contributed by atoms with Gasteiger partial charge in [-0.2, -0.15) is 0 Å². The number of fused-ring (bicyclic) bond motifs is 1. The molecule has 0 radical (unpaired) electrons. The van der Waals surface area contributed by atoms with Crippen LogP contribution in [0.2, 0.25) is 0 Å². The van der Waals surface area contributed by atoms with Crippen LogP contribution in [0.1, 0.15) is 56.3 Å². The Bertz CT molecular complexity index is 441. The summed E-state index contributed by atoms with van der Waals surface area (Å²) in [6, 6.07) is 4.85. The highest BCUT2D eigenvalue weighted by Gasteiger charge is 2.36. The molecule has 1 aliphatic heterocycles. The van der Waals surface area contributed by atoms with Gasteiger partial charge in [0.1, 0.15) is 11.4 Å². The molecule has 0 saturated heterocycles. The van der Waals surface area contributed by atoms with Crippen molar-refractivity contribution in [2.24, 2.45) is 0 Å². The molecule has 0 saturated carbocycles. The zero-order valence-electron chi connectivity index (χ0n) is 12.3. The van der Waals surface area contributed by atoms with Gasteiger partial charge in [0.25, 0.3) is 0 Å². The van der Waals surface area contributed by atoms with E-state index in [1.165, 1.54) is 16.7 Å². The van der Waals surface area contributed by atoms with Crippen LogP contribution in [0, 0.1) is 13.8 Å². The highest BCUT2D eigenvalue weighted by molar-refractivity contribution is 5.47. The van der Waals surface area contributed by atoms with Crippen LogP contribution in [0.3, 0.4) is 0 Å². The number of benzene rings is 1. The van der Waals surface area contributed by atoms with Crippen molar-refractivity contribution in [2.75, 3.05) is 6.54 Å². The molecule has 1 N–H and O–H groups in total. The molecule has 1 heterocycles. The van der Waals surface area contributed by atoms with Crippen molar-refractivity contribution in [3.63, 3.8) is 0 Å². The van der Waals surface area contributed by atoms with E-state index in [0.717, 1.165) is 25.1 Å². The van der Waals surface area contributed by atoms with Crippen LogP contribution >= 0.6 is 0 Å². The lowest BCUT2D eigenvalue weighted by molar-refractivity contribution is 0.0442. The molecule has 0 aliphatic carbocycles. The van der Waals surface area contributed by atoms with Gasteiger partial charge in [-0.25, -0.2) is 0 Å². The Labute approximate surface area is 111 Å². The van der Waals surface area contributed by atoms with Crippen LogP contribution in [0.4, 0.5) is 0 Å². The van der Waals surface area contributed by atoms with Crippen LogP contribution in [0.15, 0.2) is 12.1 Å². The first kappa shape index (κ1) is 13.4. The lowest BCUT2D eigenvalue weighted by Gasteiger charge is -2.40. The second-order valence-corrected chi connectivity index (χ2v) is 5.71. The average molecular weight is 247 g/mol. The van der Waals surface area contributed by atoms with Crippen LogP contribution in [0.5, 0.6) is 5.75 Å². The fraction of sp³-hybridized carbons (Fsp3) is 0.625. The van der Waals surface area contributed by atoms with Gasteiger partial charge >= 0.3 is 0 Å². The van der Waals surface area contributed by atoms with Gasteiger partial charge in [0, 0.05) is 18.0 Å². The Hall–Kier alpha value is -1.02. The zero-order valence-corrected chi connectivity index (χ0v) is 12.3. The number of rotatable bonds is 3. The maximum absolute atomic E-state index is 6.27. The maximum Gasteiger partial charge on any atom is 0.125 e. The smallest absolute Gasteiger partial charge is 0.125 e. The molecular formula is C16H25NO. The highest BCUT2D eigenvalue weighted by atomic mass is 16.5. The van der Waals surface area contributed by atoms with Gasteiger partial charge < -0.3 is 10.1 Å². The number of hydrogen-bond acceptors (Lipinski definition) is 2. The quantitative estimate of drug-likeness (QED) is 0.874. The minimum Gasteiger partial charge on any atom is -0.487 e. The second-order valence-electron chi connectivity index (χ2n) is 5.71. The SMILES string of the molecule is CCNC1CC(C)(CC)Oc2cc(C)cc(C)c21. The first-order valence-electron chi connectivity index (χ1n) is 7.02. The monoisotopic (exact) mass is 247 g/mol. The Balaban J connectivity index is 2.47. The molecule has 1 aromatic rings. The van der Waals surface area contributed by atoms with Gasteiger partial charge in [0.05, 0.1) is 0 Å². The van der Waals surface area contributed by atoms with Crippen molar-refractivity contribution in [1.82, 2.24) is 5.32 Å². The predicted molar refractivity (Wildman–Crippen MR) is 76.3 cm³/mol. The van der Waals surface area contributed by atoms with Crippen LogP contribution in [-0.4, -0.2) is 12.1 Å². The van der Waals surface area contributed by atoms with Crippen LogP contribution in [-0.2, 0) is 0 Å². The van der Waals surface area contributed by atoms with Gasteiger partial charge in [0.2, 0.25) is 0 Å². The maximum atomic E-state index is 6.27. The van der Waals surface area contributed by atoms with E-state index in [-0.39, 0.29) is 5.60 Å². The van der Waals surface area contributed by atoms with Gasteiger partial charge in [-0.3, -0.25) is 0 Å². The Morgan fingerprint density at radius 1 is 1.33 bits per heavy atom. The molecule has 100 valence electrons. The lowest BCUT2D eigenvalue weighted by atomic mass is 9.84. The molecule has 2 heteroatoms. The minimum atomic E-state index is -0.0416. The van der Waals surface area contributed by atoms with E-state index in [4.69, 9.17) is 4.74 Å². The summed E-state index contributed by atoms with van der Waals surface area (Å²) in [4.78, 5) is 0. The number of aryl methyl sites for hydroxylation is 2. The lowest BCUT2D eigenvalue weighted by Crippen LogP contribution is -2.41. The Morgan fingerprint density at radius 2 is 2.06 bits per heavy atom. The Kier molecular flexibility index (Phi) is 3.67. The summed E-state index contributed by atoms with van der Waals surface area (Å²) in [5.74, 6) is 1.08. The first-order chi connectivity index (χ1) is 8.49. The molecule has 0 spiro atoms. The topological polar surface area (TPSA) is 21.3 Å². The van der Waals surface area contributed by atoms with Gasteiger partial charge in [-0.15, -0.1) is 0 Å². The zero-order chi connectivity index (χ0) is 13.3. The summed E-state index contributed by atoms with van der Waals surface area (Å²) in [7, 11) is 0. The van der Waals surface area contributed by atoms with Crippen molar-refractivity contribution < 1.29 is 4.74 Å². The van der Waals surface area contributed by atoms with Gasteiger partial charge in [-0.1, -0.05) is 19.9 Å². The fourth-order valence-electron chi connectivity index (χ4n) is 2.95. The molecule has 0 fully saturated rings. The molecule has 18 heavy (non-hydrogen) atoms. The highest BCUT2D eigenvalue weighted by Crippen LogP contribution is 2.43. The third-order valence-corrected chi connectivity index (χ3v) is 4.03. The number of ether oxygens (including phenoxy) is 1. The molecule has 1 aromatic carbocycles. The van der Waals surface area contributed by atoms with Crippen LogP contribution in [0.25, 0.3) is 0 Å². The third-order valence-electron chi connectivity index (χ3n) is 4.03. The molecule has 2 unspecified atom stereocenters. The summed E-state index contributed by atoms with van der Waals surface area (Å²) in [6.07, 6.45) is 2.09. The molecular weight excluding hydrogens is 222 g/mol. The standard InChI is InChI=1S/C16H25NO/c1-6-16(5)10-13(17-7-2)15-12(4)8-11(3)9-14(15)18-16/h8-9,13,17H,6-7,10H2,1-5H3. The van der Waals surface area contributed by atoms with E-state index in [0.29, 0.717) is 6.04 Å². The number of nitrogens with one attached hydrogen (secondary N) is 1. The molecule has 2 atom stereocenters. The van der Waals surface area contributed by atoms with E-state index in [1.807, 2.05) is 0 Å². The molecule has 0 aromatic heterocycles. The minimum absolute atomic E-state index is 0.0416. The van der Waals surface area contributed by atoms with Crippen molar-refractivity contribution in [3.05, 3.63) is 28.8 Å². The van der Waals surface area contributed by atoms with E-state index in [1.54, 1.807) is 0 Å². The molecule has 2 nitrogen and oxygen atoms in total. The van der Waals surface area contributed by atoms with E-state index in [2.05, 4.69) is 52.1 Å². The van der Waals surface area contributed by atoms with Gasteiger partial charge in [0.15, 0.2) is 0 Å². The van der Waals surface area contributed by atoms with Crippen molar-refractivity contribution in [2.45, 2.75) is 59.1 Å². The molecule has 0 bridgehead atoms. The Morgan fingerprint density at radius 3 is 2.67 bits per heavy atom. The fourth-order valence-corrected chi connectivity index (χ4v) is 2.95. The summed E-state index contributed by atoms with van der Waals surface area (Å²) >= 11 is 0. The summed E-state index contributed by atoms with van der Waals surface area (Å²) < 4.78 is 6.27. The average Bonchev–Trinajstić information content (AvgIpc) is 2.27. The molecule has 2 rings (SSSR count). The van der Waals surface area contributed by atoms with Crippen LogP contribution < -0.4 is 10.1 Å². The van der Waals surface area contributed by atoms with E-state index < -0.39 is 0 Å². The normalized spacial score (nSPS) is 26.6. The number of hydrogen-bond donors (Lipinski definition) is 1. The van der Waals surface area contributed by atoms with Gasteiger partial charge in [-0.05, 0) is 50.9 Å². The summed E-state index contributed by atoms with van der Waals surface area (Å²) in [6.45, 7) is 11.9.